The number of carbonyl (C=O) groups excluding carboxylic acids is 1. The first kappa shape index (κ1) is 9.61. The van der Waals surface area contributed by atoms with Gasteiger partial charge >= 0.3 is 5.97 Å². The average molecular weight is 272 g/mol. The van der Waals surface area contributed by atoms with Crippen LogP contribution in [0.3, 0.4) is 0 Å². The Labute approximate surface area is 92.8 Å². The molecule has 1 aromatic carbocycles. The second-order valence-electron chi connectivity index (χ2n) is 2.64. The summed E-state index contributed by atoms with van der Waals surface area (Å²) in [6.45, 7) is 0. The first-order chi connectivity index (χ1) is 6.70. The minimum Gasteiger partial charge on any atom is -0.465 e. The van der Waals surface area contributed by atoms with E-state index in [4.69, 9.17) is 0 Å². The van der Waals surface area contributed by atoms with Gasteiger partial charge in [-0.05, 0) is 34.1 Å². The Morgan fingerprint density at radius 2 is 2.36 bits per heavy atom. The summed E-state index contributed by atoms with van der Waals surface area (Å²) in [5.41, 5.74) is 1.44. The summed E-state index contributed by atoms with van der Waals surface area (Å²) in [6, 6.07) is 5.30. The third-order valence-corrected chi connectivity index (χ3v) is 3.25. The van der Waals surface area contributed by atoms with Crippen molar-refractivity contribution in [2.24, 2.45) is 0 Å². The van der Waals surface area contributed by atoms with E-state index >= 15 is 0 Å². The van der Waals surface area contributed by atoms with Gasteiger partial charge in [0.1, 0.15) is 0 Å². The van der Waals surface area contributed by atoms with Crippen molar-refractivity contribution in [1.82, 2.24) is 4.98 Å². The predicted octanol–water partition coefficient (Wildman–Crippen LogP) is 2.85. The Morgan fingerprint density at radius 1 is 1.57 bits per heavy atom. The van der Waals surface area contributed by atoms with Crippen LogP contribution in [-0.4, -0.2) is 18.1 Å². The van der Waals surface area contributed by atoms with Gasteiger partial charge in [-0.15, -0.1) is 11.3 Å². The molecule has 5 heteroatoms. The average Bonchev–Trinajstić information content (AvgIpc) is 2.55. The van der Waals surface area contributed by atoms with Crippen molar-refractivity contribution < 1.29 is 9.53 Å². The lowest BCUT2D eigenvalue weighted by Crippen LogP contribution is -1.99. The minimum atomic E-state index is -0.323. The molecule has 0 aliphatic carbocycles. The van der Waals surface area contributed by atoms with Crippen LogP contribution in [0.1, 0.15) is 10.4 Å². The highest BCUT2D eigenvalue weighted by molar-refractivity contribution is 9.11. The molecule has 0 bridgehead atoms. The molecule has 0 saturated heterocycles. The molecule has 2 aromatic rings. The van der Waals surface area contributed by atoms with Gasteiger partial charge in [0.2, 0.25) is 0 Å². The molecule has 3 nitrogen and oxygen atoms in total. The van der Waals surface area contributed by atoms with Crippen molar-refractivity contribution in [3.8, 4) is 0 Å². The van der Waals surface area contributed by atoms with E-state index in [1.807, 2.05) is 6.07 Å². The van der Waals surface area contributed by atoms with Gasteiger partial charge < -0.3 is 4.74 Å². The fourth-order valence-electron chi connectivity index (χ4n) is 1.14. The number of fused-ring (bicyclic) bond motifs is 1. The number of ether oxygens (including phenoxy) is 1. The van der Waals surface area contributed by atoms with Gasteiger partial charge in [-0.25, -0.2) is 9.78 Å². The number of carbonyl (C=O) groups is 1. The number of hydrogen-bond donors (Lipinski definition) is 0. The Morgan fingerprint density at radius 3 is 3.07 bits per heavy atom. The number of hydrogen-bond acceptors (Lipinski definition) is 4. The van der Waals surface area contributed by atoms with Gasteiger partial charge in [-0.3, -0.25) is 0 Å². The van der Waals surface area contributed by atoms with E-state index in [-0.39, 0.29) is 5.97 Å². The summed E-state index contributed by atoms with van der Waals surface area (Å²) >= 11 is 4.79. The van der Waals surface area contributed by atoms with E-state index in [1.165, 1.54) is 18.4 Å². The Hall–Kier alpha value is -0.940. The number of nitrogens with zero attached hydrogens (tertiary/aromatic N) is 1. The molecule has 0 spiro atoms. The lowest BCUT2D eigenvalue weighted by molar-refractivity contribution is 0.0601. The SMILES string of the molecule is COC(=O)c1ccc2nc(Br)sc2c1. The fraction of sp³-hybridized carbons (Fsp3) is 0.111. The van der Waals surface area contributed by atoms with E-state index in [9.17, 15) is 4.79 Å². The minimum absolute atomic E-state index is 0.323. The number of aromatic nitrogens is 1. The molecule has 0 atom stereocenters. The first-order valence-electron chi connectivity index (χ1n) is 3.85. The van der Waals surface area contributed by atoms with Crippen molar-refractivity contribution in [3.63, 3.8) is 0 Å². The van der Waals surface area contributed by atoms with E-state index in [2.05, 4.69) is 25.7 Å². The van der Waals surface area contributed by atoms with Crippen molar-refractivity contribution >= 4 is 43.5 Å². The lowest BCUT2D eigenvalue weighted by Gasteiger charge is -1.97. The Kier molecular flexibility index (Phi) is 2.52. The quantitative estimate of drug-likeness (QED) is 0.749. The summed E-state index contributed by atoms with van der Waals surface area (Å²) in [6.07, 6.45) is 0. The molecule has 0 saturated carbocycles. The largest absolute Gasteiger partial charge is 0.465 e. The molecule has 0 radical (unpaired) electrons. The van der Waals surface area contributed by atoms with Crippen LogP contribution in [0.2, 0.25) is 0 Å². The predicted molar refractivity (Wildman–Crippen MR) is 58.7 cm³/mol. The Balaban J connectivity index is 2.55. The van der Waals surface area contributed by atoms with Crippen LogP contribution in [0.25, 0.3) is 10.2 Å². The molecule has 2 rings (SSSR count). The number of methoxy groups -OCH3 is 1. The lowest BCUT2D eigenvalue weighted by atomic mass is 10.2. The molecule has 0 unspecified atom stereocenters. The van der Waals surface area contributed by atoms with Crippen LogP contribution in [0.5, 0.6) is 0 Å². The van der Waals surface area contributed by atoms with Crippen LogP contribution in [0.15, 0.2) is 22.1 Å². The monoisotopic (exact) mass is 271 g/mol. The van der Waals surface area contributed by atoms with Crippen molar-refractivity contribution in [2.45, 2.75) is 0 Å². The molecule has 1 heterocycles. The van der Waals surface area contributed by atoms with Crippen molar-refractivity contribution in [2.75, 3.05) is 7.11 Å². The second kappa shape index (κ2) is 3.67. The molecule has 0 aliphatic rings. The zero-order valence-electron chi connectivity index (χ0n) is 7.28. The Bertz CT molecular complexity index is 495. The van der Waals surface area contributed by atoms with Gasteiger partial charge in [0.05, 0.1) is 22.9 Å². The van der Waals surface area contributed by atoms with E-state index in [0.717, 1.165) is 14.1 Å². The second-order valence-corrected chi connectivity index (χ2v) is 4.95. The molecular formula is C9H6BrNO2S. The summed E-state index contributed by atoms with van der Waals surface area (Å²) < 4.78 is 6.41. The summed E-state index contributed by atoms with van der Waals surface area (Å²) in [4.78, 5) is 15.4. The van der Waals surface area contributed by atoms with Crippen LogP contribution >= 0.6 is 27.3 Å². The van der Waals surface area contributed by atoms with E-state index in [0.29, 0.717) is 5.56 Å². The van der Waals surface area contributed by atoms with Crippen LogP contribution in [0, 0.1) is 0 Å². The van der Waals surface area contributed by atoms with Gasteiger partial charge in [0, 0.05) is 0 Å². The van der Waals surface area contributed by atoms with Gasteiger partial charge in [0.15, 0.2) is 3.92 Å². The van der Waals surface area contributed by atoms with Crippen LogP contribution in [-0.2, 0) is 4.74 Å². The molecule has 72 valence electrons. The summed E-state index contributed by atoms with van der Waals surface area (Å²) in [5, 5.41) is 0. The number of halogens is 1. The summed E-state index contributed by atoms with van der Waals surface area (Å²) in [5.74, 6) is -0.323. The van der Waals surface area contributed by atoms with Gasteiger partial charge in [-0.1, -0.05) is 0 Å². The van der Waals surface area contributed by atoms with Crippen LogP contribution < -0.4 is 0 Å². The highest BCUT2D eigenvalue weighted by atomic mass is 79.9. The zero-order chi connectivity index (χ0) is 10.1. The highest BCUT2D eigenvalue weighted by Gasteiger charge is 2.08. The fourth-order valence-corrected chi connectivity index (χ4v) is 2.59. The highest BCUT2D eigenvalue weighted by Crippen LogP contribution is 2.26. The molecular weight excluding hydrogens is 266 g/mol. The molecule has 0 fully saturated rings. The number of benzene rings is 1. The zero-order valence-corrected chi connectivity index (χ0v) is 9.68. The molecule has 14 heavy (non-hydrogen) atoms. The third kappa shape index (κ3) is 1.65. The van der Waals surface area contributed by atoms with E-state index < -0.39 is 0 Å². The topological polar surface area (TPSA) is 39.2 Å². The maximum absolute atomic E-state index is 11.2. The maximum Gasteiger partial charge on any atom is 0.337 e. The smallest absolute Gasteiger partial charge is 0.337 e. The number of rotatable bonds is 1. The van der Waals surface area contributed by atoms with Gasteiger partial charge in [0.25, 0.3) is 0 Å². The molecule has 0 aliphatic heterocycles. The van der Waals surface area contributed by atoms with E-state index in [1.54, 1.807) is 12.1 Å². The molecule has 0 N–H and O–H groups in total. The van der Waals surface area contributed by atoms with Crippen molar-refractivity contribution in [3.05, 3.63) is 27.7 Å². The summed E-state index contributed by atoms with van der Waals surface area (Å²) in [7, 11) is 1.37. The molecule has 0 amide bonds. The molecule has 1 aromatic heterocycles. The van der Waals surface area contributed by atoms with Crippen LogP contribution in [0.4, 0.5) is 0 Å². The maximum atomic E-state index is 11.2. The normalized spacial score (nSPS) is 10.4. The third-order valence-electron chi connectivity index (χ3n) is 1.78. The van der Waals surface area contributed by atoms with Crippen molar-refractivity contribution in [1.29, 1.82) is 0 Å². The number of esters is 1. The number of thiazole rings is 1. The van der Waals surface area contributed by atoms with Gasteiger partial charge in [-0.2, -0.15) is 0 Å². The standard InChI is InChI=1S/C9H6BrNO2S/c1-13-8(12)5-2-3-6-7(4-5)14-9(10)11-6/h2-4H,1H3. The first-order valence-corrected chi connectivity index (χ1v) is 5.46.